The fraction of sp³-hybridized carbons (Fsp3) is 0.632. The van der Waals surface area contributed by atoms with Gasteiger partial charge in [0.25, 0.3) is 0 Å². The molecular formula is C19H29N3O3. The summed E-state index contributed by atoms with van der Waals surface area (Å²) in [6.45, 7) is 2.56. The summed E-state index contributed by atoms with van der Waals surface area (Å²) in [5.74, 6) is 2.03. The Labute approximate surface area is 149 Å². The molecule has 3 rings (SSSR count). The first-order valence-electron chi connectivity index (χ1n) is 9.09. The highest BCUT2D eigenvalue weighted by atomic mass is 16.5. The average molecular weight is 347 g/mol. The van der Waals surface area contributed by atoms with Crippen LogP contribution in [0, 0.1) is 5.92 Å². The molecule has 6 nitrogen and oxygen atoms in total. The second-order valence-corrected chi connectivity index (χ2v) is 7.24. The first-order chi connectivity index (χ1) is 12.0. The van der Waals surface area contributed by atoms with E-state index in [0.717, 1.165) is 62.4 Å². The van der Waals surface area contributed by atoms with Gasteiger partial charge in [0.05, 0.1) is 19.8 Å². The van der Waals surface area contributed by atoms with Gasteiger partial charge >= 0.3 is 0 Å². The van der Waals surface area contributed by atoms with Crippen molar-refractivity contribution in [2.75, 3.05) is 38.8 Å². The Balaban J connectivity index is 1.56. The lowest BCUT2D eigenvalue weighted by Gasteiger charge is -2.24. The van der Waals surface area contributed by atoms with E-state index in [2.05, 4.69) is 10.2 Å². The molecule has 0 spiro atoms. The maximum Gasteiger partial charge on any atom is 0.240 e. The number of benzene rings is 1. The molecule has 0 aromatic heterocycles. The van der Waals surface area contributed by atoms with Crippen molar-refractivity contribution in [1.82, 2.24) is 5.32 Å². The number of carbonyl (C=O) groups is 1. The van der Waals surface area contributed by atoms with Gasteiger partial charge in [-0.15, -0.1) is 0 Å². The zero-order chi connectivity index (χ0) is 17.9. The van der Waals surface area contributed by atoms with Gasteiger partial charge in [-0.1, -0.05) is 12.8 Å². The minimum absolute atomic E-state index is 0.0199. The SMILES string of the molecule is COc1cc(OC)cc(N2CCC(CNC(=O)C3(N)CCCC3)C2)c1. The molecule has 0 bridgehead atoms. The Kier molecular flexibility index (Phi) is 5.37. The number of hydrogen-bond donors (Lipinski definition) is 2. The fourth-order valence-corrected chi connectivity index (χ4v) is 3.85. The summed E-state index contributed by atoms with van der Waals surface area (Å²) in [5.41, 5.74) is 6.67. The standard InChI is InChI=1S/C19H29N3O3/c1-24-16-9-15(10-17(11-16)25-2)22-8-5-14(13-22)12-21-18(23)19(20)6-3-4-7-19/h9-11,14H,3-8,12-13,20H2,1-2H3,(H,21,23). The largest absolute Gasteiger partial charge is 0.497 e. The Morgan fingerprint density at radius 3 is 2.48 bits per heavy atom. The molecule has 1 atom stereocenters. The highest BCUT2D eigenvalue weighted by Gasteiger charge is 2.37. The van der Waals surface area contributed by atoms with Gasteiger partial charge in [0, 0.05) is 43.5 Å². The predicted octanol–water partition coefficient (Wildman–Crippen LogP) is 1.92. The molecule has 0 radical (unpaired) electrons. The van der Waals surface area contributed by atoms with E-state index in [0.29, 0.717) is 12.5 Å². The van der Waals surface area contributed by atoms with Crippen LogP contribution in [0.3, 0.4) is 0 Å². The third kappa shape index (κ3) is 4.00. The summed E-state index contributed by atoms with van der Waals surface area (Å²) < 4.78 is 10.7. The Morgan fingerprint density at radius 1 is 1.24 bits per heavy atom. The number of ether oxygens (including phenoxy) is 2. The van der Waals surface area contributed by atoms with Crippen molar-refractivity contribution >= 4 is 11.6 Å². The number of nitrogens with one attached hydrogen (secondary N) is 1. The van der Waals surface area contributed by atoms with Crippen LogP contribution in [0.2, 0.25) is 0 Å². The van der Waals surface area contributed by atoms with Crippen molar-refractivity contribution in [3.05, 3.63) is 18.2 Å². The number of anilines is 1. The molecule has 6 heteroatoms. The molecule has 1 amide bonds. The Hall–Kier alpha value is -1.95. The molecule has 2 fully saturated rings. The van der Waals surface area contributed by atoms with Crippen LogP contribution in [0.25, 0.3) is 0 Å². The van der Waals surface area contributed by atoms with Crippen LogP contribution in [-0.4, -0.2) is 45.3 Å². The number of nitrogens with zero attached hydrogens (tertiary/aromatic N) is 1. The van der Waals surface area contributed by atoms with Gasteiger partial charge < -0.3 is 25.4 Å². The molecule has 1 aromatic carbocycles. The van der Waals surface area contributed by atoms with Crippen molar-refractivity contribution in [2.45, 2.75) is 37.6 Å². The van der Waals surface area contributed by atoms with Crippen LogP contribution < -0.4 is 25.4 Å². The maximum atomic E-state index is 12.4. The minimum atomic E-state index is -0.640. The van der Waals surface area contributed by atoms with Gasteiger partial charge in [0.15, 0.2) is 0 Å². The lowest BCUT2D eigenvalue weighted by Crippen LogP contribution is -2.52. The van der Waals surface area contributed by atoms with Gasteiger partial charge in [-0.2, -0.15) is 0 Å². The number of carbonyl (C=O) groups excluding carboxylic acids is 1. The van der Waals surface area contributed by atoms with E-state index in [1.807, 2.05) is 18.2 Å². The Morgan fingerprint density at radius 2 is 1.88 bits per heavy atom. The predicted molar refractivity (Wildman–Crippen MR) is 98.3 cm³/mol. The van der Waals surface area contributed by atoms with Crippen molar-refractivity contribution in [1.29, 1.82) is 0 Å². The molecule has 1 aliphatic carbocycles. The molecule has 1 aromatic rings. The third-order valence-corrected chi connectivity index (χ3v) is 5.49. The van der Waals surface area contributed by atoms with Gasteiger partial charge in [-0.05, 0) is 25.2 Å². The van der Waals surface area contributed by atoms with Crippen LogP contribution in [0.1, 0.15) is 32.1 Å². The van der Waals surface area contributed by atoms with Gasteiger partial charge in [0.2, 0.25) is 5.91 Å². The number of rotatable bonds is 6. The smallest absolute Gasteiger partial charge is 0.240 e. The summed E-state index contributed by atoms with van der Waals surface area (Å²) in [6, 6.07) is 5.92. The number of methoxy groups -OCH3 is 2. The summed E-state index contributed by atoms with van der Waals surface area (Å²) in [6.07, 6.45) is 4.77. The third-order valence-electron chi connectivity index (χ3n) is 5.49. The van der Waals surface area contributed by atoms with E-state index in [1.54, 1.807) is 14.2 Å². The molecule has 25 heavy (non-hydrogen) atoms. The van der Waals surface area contributed by atoms with Crippen LogP contribution in [0.15, 0.2) is 18.2 Å². The molecule has 1 unspecified atom stereocenters. The molecule has 1 saturated carbocycles. The summed E-state index contributed by atoms with van der Waals surface area (Å²) in [4.78, 5) is 14.7. The quantitative estimate of drug-likeness (QED) is 0.822. The molecule has 1 heterocycles. The normalized spacial score (nSPS) is 22.0. The zero-order valence-electron chi connectivity index (χ0n) is 15.2. The van der Waals surface area contributed by atoms with E-state index in [4.69, 9.17) is 15.2 Å². The van der Waals surface area contributed by atoms with Crippen LogP contribution in [0.5, 0.6) is 11.5 Å². The maximum absolute atomic E-state index is 12.4. The van der Waals surface area contributed by atoms with E-state index in [1.165, 1.54) is 0 Å². The molecule has 1 saturated heterocycles. The van der Waals surface area contributed by atoms with Gasteiger partial charge in [-0.3, -0.25) is 4.79 Å². The van der Waals surface area contributed by atoms with E-state index >= 15 is 0 Å². The summed E-state index contributed by atoms with van der Waals surface area (Å²) in [7, 11) is 3.32. The van der Waals surface area contributed by atoms with Crippen molar-refractivity contribution in [3.63, 3.8) is 0 Å². The highest BCUT2D eigenvalue weighted by molar-refractivity contribution is 5.86. The molecule has 138 valence electrons. The summed E-state index contributed by atoms with van der Waals surface area (Å²) >= 11 is 0. The lowest BCUT2D eigenvalue weighted by atomic mass is 9.97. The molecule has 1 aliphatic heterocycles. The van der Waals surface area contributed by atoms with E-state index in [9.17, 15) is 4.79 Å². The first-order valence-corrected chi connectivity index (χ1v) is 9.09. The summed E-state index contributed by atoms with van der Waals surface area (Å²) in [5, 5.41) is 3.08. The lowest BCUT2D eigenvalue weighted by molar-refractivity contribution is -0.126. The number of nitrogens with two attached hydrogens (primary N) is 1. The topological polar surface area (TPSA) is 76.8 Å². The van der Waals surface area contributed by atoms with Crippen LogP contribution in [-0.2, 0) is 4.79 Å². The van der Waals surface area contributed by atoms with Crippen LogP contribution in [0.4, 0.5) is 5.69 Å². The molecule has 2 aliphatic rings. The van der Waals surface area contributed by atoms with Gasteiger partial charge in [0.1, 0.15) is 11.5 Å². The second-order valence-electron chi connectivity index (χ2n) is 7.24. The molecule has 3 N–H and O–H groups in total. The molecular weight excluding hydrogens is 318 g/mol. The van der Waals surface area contributed by atoms with E-state index in [-0.39, 0.29) is 5.91 Å². The van der Waals surface area contributed by atoms with Crippen molar-refractivity contribution < 1.29 is 14.3 Å². The fourth-order valence-electron chi connectivity index (χ4n) is 3.85. The first kappa shape index (κ1) is 17.9. The number of amides is 1. The zero-order valence-corrected chi connectivity index (χ0v) is 15.2. The van der Waals surface area contributed by atoms with Gasteiger partial charge in [-0.25, -0.2) is 0 Å². The minimum Gasteiger partial charge on any atom is -0.497 e. The van der Waals surface area contributed by atoms with Crippen molar-refractivity contribution in [2.24, 2.45) is 11.7 Å². The number of hydrogen-bond acceptors (Lipinski definition) is 5. The Bertz CT molecular complexity index is 592. The second kappa shape index (κ2) is 7.52. The average Bonchev–Trinajstić information content (AvgIpc) is 3.29. The van der Waals surface area contributed by atoms with E-state index < -0.39 is 5.54 Å². The monoisotopic (exact) mass is 347 g/mol. The van der Waals surface area contributed by atoms with Crippen LogP contribution >= 0.6 is 0 Å². The highest BCUT2D eigenvalue weighted by Crippen LogP contribution is 2.32. The van der Waals surface area contributed by atoms with Crippen molar-refractivity contribution in [3.8, 4) is 11.5 Å².